The second kappa shape index (κ2) is 9.56. The summed E-state index contributed by atoms with van der Waals surface area (Å²) < 4.78 is 21.4. The Morgan fingerprint density at radius 2 is 1.97 bits per heavy atom. The summed E-state index contributed by atoms with van der Waals surface area (Å²) >= 11 is 1.35. The molecule has 1 N–H and O–H groups in total. The summed E-state index contributed by atoms with van der Waals surface area (Å²) in [6.45, 7) is 6.14. The molecule has 0 radical (unpaired) electrons. The zero-order valence-electron chi connectivity index (χ0n) is 18.3. The van der Waals surface area contributed by atoms with Crippen LogP contribution in [0.4, 0.5) is 10.3 Å². The molecule has 1 aliphatic heterocycles. The third-order valence-corrected chi connectivity index (χ3v) is 6.08. The molecule has 1 unspecified atom stereocenters. The smallest absolute Gasteiger partial charge is 0.227 e. The maximum absolute atomic E-state index is 14.0. The van der Waals surface area contributed by atoms with Crippen LogP contribution in [-0.2, 0) is 10.5 Å². The number of fused-ring (bicyclic) bond motifs is 1. The van der Waals surface area contributed by atoms with Gasteiger partial charge < -0.3 is 10.1 Å². The van der Waals surface area contributed by atoms with E-state index in [0.717, 1.165) is 23.4 Å². The molecule has 0 amide bonds. The van der Waals surface area contributed by atoms with Crippen LogP contribution in [-0.4, -0.2) is 27.2 Å². The van der Waals surface area contributed by atoms with E-state index in [4.69, 9.17) is 4.74 Å². The van der Waals surface area contributed by atoms with E-state index in [2.05, 4.69) is 22.3 Å². The molecule has 0 saturated carbocycles. The Hall–Kier alpha value is -3.13. The third kappa shape index (κ3) is 4.55. The van der Waals surface area contributed by atoms with Gasteiger partial charge in [-0.2, -0.15) is 4.98 Å². The molecule has 0 fully saturated rings. The highest BCUT2D eigenvalue weighted by Crippen LogP contribution is 2.37. The minimum Gasteiger partial charge on any atom is -0.494 e. The van der Waals surface area contributed by atoms with E-state index < -0.39 is 6.04 Å². The fourth-order valence-electron chi connectivity index (χ4n) is 3.68. The van der Waals surface area contributed by atoms with Gasteiger partial charge in [-0.25, -0.2) is 9.07 Å². The zero-order valence-corrected chi connectivity index (χ0v) is 19.1. The van der Waals surface area contributed by atoms with E-state index in [1.807, 2.05) is 37.3 Å². The Kier molecular flexibility index (Phi) is 6.60. The Balaban J connectivity index is 1.65. The van der Waals surface area contributed by atoms with Gasteiger partial charge in [-0.3, -0.25) is 4.79 Å². The second-order valence-corrected chi connectivity index (χ2v) is 8.53. The van der Waals surface area contributed by atoms with Gasteiger partial charge >= 0.3 is 0 Å². The standard InChI is InChI=1S/C24H25FN4O2S/c1-4-13-31-19-11-9-17(10-12-19)22-21(16(3)30)15(2)26-23-27-24(28-29(22)23)32-14-18-7-5-6-8-20(18)25/h5-12,22H,4,13-14H2,1-3H3,(H,26,27,28). The Labute approximate surface area is 190 Å². The number of hydrogen-bond donors (Lipinski definition) is 1. The molecule has 1 atom stereocenters. The Morgan fingerprint density at radius 1 is 1.22 bits per heavy atom. The van der Waals surface area contributed by atoms with Gasteiger partial charge in [-0.15, -0.1) is 5.10 Å². The number of thioether (sulfide) groups is 1. The molecule has 0 saturated heterocycles. The number of aromatic nitrogens is 3. The van der Waals surface area contributed by atoms with E-state index in [9.17, 15) is 9.18 Å². The van der Waals surface area contributed by atoms with Gasteiger partial charge in [0.15, 0.2) is 5.78 Å². The zero-order chi connectivity index (χ0) is 22.7. The van der Waals surface area contributed by atoms with Gasteiger partial charge in [-0.1, -0.05) is 49.0 Å². The first-order valence-electron chi connectivity index (χ1n) is 10.5. The quantitative estimate of drug-likeness (QED) is 0.463. The number of rotatable bonds is 8. The number of benzene rings is 2. The lowest BCUT2D eigenvalue weighted by atomic mass is 9.93. The van der Waals surface area contributed by atoms with Crippen LogP contribution in [0.15, 0.2) is 65.0 Å². The molecule has 2 heterocycles. The molecule has 0 aliphatic carbocycles. The highest BCUT2D eigenvalue weighted by molar-refractivity contribution is 7.98. The van der Waals surface area contributed by atoms with E-state index in [1.165, 1.54) is 17.8 Å². The molecule has 3 aromatic rings. The summed E-state index contributed by atoms with van der Waals surface area (Å²) in [5, 5.41) is 8.37. The van der Waals surface area contributed by atoms with Crippen LogP contribution in [0, 0.1) is 5.82 Å². The number of carbonyl (C=O) groups excluding carboxylic acids is 1. The Bertz CT molecular complexity index is 1160. The van der Waals surface area contributed by atoms with E-state index >= 15 is 0 Å². The van der Waals surface area contributed by atoms with Gasteiger partial charge in [-0.05, 0) is 49.6 Å². The van der Waals surface area contributed by atoms with Crippen molar-refractivity contribution in [2.24, 2.45) is 0 Å². The van der Waals surface area contributed by atoms with Crippen molar-refractivity contribution in [2.45, 2.75) is 44.1 Å². The second-order valence-electron chi connectivity index (χ2n) is 7.58. The van der Waals surface area contributed by atoms with Crippen LogP contribution < -0.4 is 10.1 Å². The van der Waals surface area contributed by atoms with Crippen molar-refractivity contribution in [3.8, 4) is 5.75 Å². The average molecular weight is 453 g/mol. The van der Waals surface area contributed by atoms with Crippen LogP contribution in [0.25, 0.3) is 0 Å². The van der Waals surface area contributed by atoms with Crippen LogP contribution in [0.3, 0.4) is 0 Å². The number of hydrogen-bond acceptors (Lipinski definition) is 6. The molecule has 1 aliphatic rings. The third-order valence-electron chi connectivity index (χ3n) is 5.20. The highest BCUT2D eigenvalue weighted by atomic mass is 32.2. The van der Waals surface area contributed by atoms with Crippen LogP contribution in [0.1, 0.15) is 44.4 Å². The van der Waals surface area contributed by atoms with E-state index in [-0.39, 0.29) is 11.6 Å². The first-order valence-corrected chi connectivity index (χ1v) is 11.5. The number of carbonyl (C=O) groups is 1. The van der Waals surface area contributed by atoms with Crippen molar-refractivity contribution in [1.29, 1.82) is 0 Å². The topological polar surface area (TPSA) is 69.0 Å². The van der Waals surface area contributed by atoms with Gasteiger partial charge in [0.25, 0.3) is 0 Å². The number of Topliss-reactive ketones (excluding diaryl/α,β-unsaturated/α-hetero) is 1. The molecule has 1 aromatic heterocycles. The number of halogens is 1. The minimum absolute atomic E-state index is 0.0342. The monoisotopic (exact) mass is 452 g/mol. The molecule has 4 rings (SSSR count). The highest BCUT2D eigenvalue weighted by Gasteiger charge is 2.32. The molecule has 0 bridgehead atoms. The number of ketones is 1. The lowest BCUT2D eigenvalue weighted by molar-refractivity contribution is -0.114. The van der Waals surface area contributed by atoms with Gasteiger partial charge in [0.2, 0.25) is 11.1 Å². The predicted molar refractivity (Wildman–Crippen MR) is 123 cm³/mol. The fourth-order valence-corrected chi connectivity index (χ4v) is 4.50. The lowest BCUT2D eigenvalue weighted by Gasteiger charge is -2.28. The number of nitrogens with zero attached hydrogens (tertiary/aromatic N) is 3. The molecular weight excluding hydrogens is 427 g/mol. The fraction of sp³-hybridized carbons (Fsp3) is 0.292. The van der Waals surface area contributed by atoms with Crippen molar-refractivity contribution in [3.63, 3.8) is 0 Å². The van der Waals surface area contributed by atoms with Crippen molar-refractivity contribution in [2.75, 3.05) is 11.9 Å². The summed E-state index contributed by atoms with van der Waals surface area (Å²) in [5.74, 6) is 1.47. The van der Waals surface area contributed by atoms with E-state index in [1.54, 1.807) is 23.7 Å². The van der Waals surface area contributed by atoms with Crippen LogP contribution >= 0.6 is 11.8 Å². The number of ether oxygens (including phenoxy) is 1. The first-order chi connectivity index (χ1) is 15.5. The SMILES string of the molecule is CCCOc1ccc(C2C(C(C)=O)=C(C)Nc3nc(SCc4ccccc4F)nn32)cc1. The normalized spacial score (nSPS) is 15.3. The summed E-state index contributed by atoms with van der Waals surface area (Å²) in [5.41, 5.74) is 2.89. The molecule has 32 heavy (non-hydrogen) atoms. The van der Waals surface area contributed by atoms with E-state index in [0.29, 0.717) is 34.6 Å². The number of allylic oxidation sites excluding steroid dienone is 2. The molecule has 0 spiro atoms. The maximum atomic E-state index is 14.0. The molecule has 6 nitrogen and oxygen atoms in total. The van der Waals surface area contributed by atoms with Gasteiger partial charge in [0, 0.05) is 17.0 Å². The first kappa shape index (κ1) is 22.1. The van der Waals surface area contributed by atoms with Crippen molar-refractivity contribution < 1.29 is 13.9 Å². The van der Waals surface area contributed by atoms with Gasteiger partial charge in [0.05, 0.1) is 6.61 Å². The van der Waals surface area contributed by atoms with Crippen molar-refractivity contribution in [3.05, 3.63) is 76.7 Å². The number of anilines is 1. The minimum atomic E-state index is -0.403. The average Bonchev–Trinajstić information content (AvgIpc) is 3.18. The summed E-state index contributed by atoms with van der Waals surface area (Å²) in [6, 6.07) is 14.0. The van der Waals surface area contributed by atoms with Crippen molar-refractivity contribution in [1.82, 2.24) is 14.8 Å². The van der Waals surface area contributed by atoms with Crippen LogP contribution in [0.2, 0.25) is 0 Å². The maximum Gasteiger partial charge on any atom is 0.227 e. The summed E-state index contributed by atoms with van der Waals surface area (Å²) in [6.07, 6.45) is 0.933. The summed E-state index contributed by atoms with van der Waals surface area (Å²) in [4.78, 5) is 17.1. The largest absolute Gasteiger partial charge is 0.494 e. The Morgan fingerprint density at radius 3 is 2.66 bits per heavy atom. The van der Waals surface area contributed by atoms with Gasteiger partial charge in [0.1, 0.15) is 17.6 Å². The summed E-state index contributed by atoms with van der Waals surface area (Å²) in [7, 11) is 0. The predicted octanol–water partition coefficient (Wildman–Crippen LogP) is 5.38. The molecule has 2 aromatic carbocycles. The van der Waals surface area contributed by atoms with Crippen molar-refractivity contribution >= 4 is 23.5 Å². The molecular formula is C24H25FN4O2S. The lowest BCUT2D eigenvalue weighted by Crippen LogP contribution is -2.27. The number of nitrogens with one attached hydrogen (secondary N) is 1. The molecule has 166 valence electrons. The molecule has 8 heteroatoms. The van der Waals surface area contributed by atoms with Crippen LogP contribution in [0.5, 0.6) is 5.75 Å².